The Morgan fingerprint density at radius 2 is 1.82 bits per heavy atom. The van der Waals surface area contributed by atoms with Crippen molar-refractivity contribution in [2.75, 3.05) is 20.3 Å². The number of benzene rings is 1. The molecule has 0 saturated heterocycles. The first-order valence-corrected chi connectivity index (χ1v) is 12.5. The van der Waals surface area contributed by atoms with E-state index in [9.17, 15) is 19.2 Å². The molecule has 2 unspecified atom stereocenters. The first-order valence-electron chi connectivity index (χ1n) is 12.5. The number of nitrogens with zero attached hydrogens (tertiary/aromatic N) is 1. The molecule has 14 heteroatoms. The quantitative estimate of drug-likeness (QED) is 0.0668. The second-order valence-corrected chi connectivity index (χ2v) is 9.80. The summed E-state index contributed by atoms with van der Waals surface area (Å²) in [5.74, 6) is -2.31. The number of carbonyl (C=O) groups excluding carboxylic acids is 3. The molecule has 14 nitrogen and oxygen atoms in total. The lowest BCUT2D eigenvalue weighted by molar-refractivity contribution is -0.147. The zero-order chi connectivity index (χ0) is 30.3. The zero-order valence-electron chi connectivity index (χ0n) is 23.3. The number of carbonyl (C=O) groups is 4. The van der Waals surface area contributed by atoms with Crippen molar-refractivity contribution in [1.29, 1.82) is 0 Å². The molecule has 0 saturated carbocycles. The third-order valence-electron chi connectivity index (χ3n) is 5.27. The minimum atomic E-state index is -1.17. The molecule has 0 aliphatic rings. The zero-order valence-corrected chi connectivity index (χ0v) is 23.3. The number of guanidine groups is 1. The van der Waals surface area contributed by atoms with Gasteiger partial charge in [0, 0.05) is 30.1 Å². The molecule has 0 fully saturated rings. The van der Waals surface area contributed by atoms with Crippen molar-refractivity contribution in [2.24, 2.45) is 28.1 Å². The number of ketones is 1. The fourth-order valence-corrected chi connectivity index (χ4v) is 3.52. The number of aliphatic imine (C=N–C) groups is 1. The summed E-state index contributed by atoms with van der Waals surface area (Å²) in [6.07, 6.45) is 2.53. The first kappa shape index (κ1) is 33.9. The van der Waals surface area contributed by atoms with Crippen LogP contribution in [0.4, 0.5) is 4.79 Å². The lowest BCUT2D eigenvalue weighted by Gasteiger charge is -2.19. The number of Topliss-reactive ketones (excluding diaryl/α,β-unsaturated/α-hetero) is 1. The summed E-state index contributed by atoms with van der Waals surface area (Å²) in [5, 5.41) is 9.19. The Kier molecular flexibility index (Phi) is 14.2. The van der Waals surface area contributed by atoms with Crippen LogP contribution >= 0.6 is 0 Å². The number of aliphatic carboxylic acids is 1. The van der Waals surface area contributed by atoms with E-state index in [1.807, 2.05) is 35.9 Å². The number of hydroxylamine groups is 1. The number of carboxylic acid groups (broad SMARTS) is 1. The number of nitrogens with two attached hydrogens (primary N) is 3. The van der Waals surface area contributed by atoms with E-state index >= 15 is 0 Å². The summed E-state index contributed by atoms with van der Waals surface area (Å²) in [6.45, 7) is 4.85. The van der Waals surface area contributed by atoms with Gasteiger partial charge in [0.15, 0.2) is 18.3 Å². The maximum Gasteiger partial charge on any atom is 0.431 e. The minimum Gasteiger partial charge on any atom is -0.479 e. The summed E-state index contributed by atoms with van der Waals surface area (Å²) in [6, 6.07) is 7.15. The molecule has 2 atom stereocenters. The van der Waals surface area contributed by atoms with Crippen molar-refractivity contribution in [2.45, 2.75) is 58.1 Å². The molecular formula is C26H40N6O8. The molecule has 1 aromatic carbocycles. The molecule has 222 valence electrons. The Balaban J connectivity index is 0.000000520. The van der Waals surface area contributed by atoms with Crippen LogP contribution in [-0.2, 0) is 35.1 Å². The van der Waals surface area contributed by atoms with Gasteiger partial charge in [0.2, 0.25) is 0 Å². The van der Waals surface area contributed by atoms with Crippen LogP contribution in [0.15, 0.2) is 35.5 Å². The Morgan fingerprint density at radius 1 is 1.15 bits per heavy atom. The van der Waals surface area contributed by atoms with Crippen LogP contribution in [-0.4, -0.2) is 71.8 Å². The number of hydrogen-bond donors (Lipinski definition) is 6. The number of ether oxygens (including phenoxy) is 2. The molecule has 0 aliphatic heterocycles. The van der Waals surface area contributed by atoms with Gasteiger partial charge in [-0.15, -0.1) is 0 Å². The van der Waals surface area contributed by atoms with Gasteiger partial charge < -0.3 is 36.8 Å². The average molecular weight is 565 g/mol. The maximum absolute atomic E-state index is 12.6. The van der Waals surface area contributed by atoms with Crippen LogP contribution in [0.3, 0.4) is 0 Å². The Morgan fingerprint density at radius 3 is 2.42 bits per heavy atom. The van der Waals surface area contributed by atoms with E-state index in [0.717, 1.165) is 16.5 Å². The topological polar surface area (TPSA) is 234 Å². The van der Waals surface area contributed by atoms with Crippen LogP contribution < -0.4 is 22.7 Å². The number of aromatic amines is 1. The van der Waals surface area contributed by atoms with Gasteiger partial charge >= 0.3 is 18.0 Å². The Hall–Kier alpha value is -4.17. The van der Waals surface area contributed by atoms with Crippen molar-refractivity contribution in [3.05, 3.63) is 36.0 Å². The number of hydrogen-bond acceptors (Lipinski definition) is 9. The molecule has 2 rings (SSSR count). The molecule has 0 aliphatic carbocycles. The predicted octanol–water partition coefficient (Wildman–Crippen LogP) is 1.37. The van der Waals surface area contributed by atoms with E-state index < -0.39 is 42.2 Å². The monoisotopic (exact) mass is 564 g/mol. The number of methoxy groups -OCH3 is 1. The summed E-state index contributed by atoms with van der Waals surface area (Å²) in [7, 11) is 1.31. The number of fused-ring (bicyclic) bond motifs is 1. The number of esters is 1. The molecule has 9 N–H and O–H groups in total. The Labute approximate surface area is 232 Å². The second-order valence-electron chi connectivity index (χ2n) is 9.80. The van der Waals surface area contributed by atoms with Gasteiger partial charge in [0.25, 0.3) is 0 Å². The first-order chi connectivity index (χ1) is 18.7. The molecule has 1 amide bonds. The van der Waals surface area contributed by atoms with Crippen LogP contribution in [0.25, 0.3) is 10.9 Å². The lowest BCUT2D eigenvalue weighted by atomic mass is 9.92. The van der Waals surface area contributed by atoms with Crippen molar-refractivity contribution >= 4 is 40.7 Å². The second kappa shape index (κ2) is 16.7. The molecule has 2 aromatic rings. The number of amides is 1. The number of nitrogens with one attached hydrogen (secondary N) is 2. The standard InChI is InChI=1S/C19H27N5O3.C7H13NO5/c1-27-18(26)12(5-4-8-23-19(21)22)10-17(25)15(20)9-13-11-24-16-7-3-2-6-14(13)16;1-7(2,3)13-6(11)8-12-4-5(9)10/h2-3,6-7,11-12,15,24H,4-5,8-10,20H2,1H3,(H4,21,22,23);4H2,1-3H3,(H,8,11)(H,9,10). The molecule has 1 aromatic heterocycles. The van der Waals surface area contributed by atoms with Gasteiger partial charge in [-0.2, -0.15) is 5.48 Å². The van der Waals surface area contributed by atoms with Gasteiger partial charge in [0.05, 0.1) is 19.1 Å². The number of para-hydroxylation sites is 1. The van der Waals surface area contributed by atoms with Gasteiger partial charge in [-0.1, -0.05) is 18.2 Å². The lowest BCUT2D eigenvalue weighted by Crippen LogP contribution is -2.35. The largest absolute Gasteiger partial charge is 0.479 e. The number of H-pyrrole nitrogens is 1. The summed E-state index contributed by atoms with van der Waals surface area (Å²) >= 11 is 0. The summed E-state index contributed by atoms with van der Waals surface area (Å²) in [5.41, 5.74) is 19.9. The van der Waals surface area contributed by atoms with Crippen LogP contribution in [0.1, 0.15) is 45.6 Å². The molecular weight excluding hydrogens is 524 g/mol. The van der Waals surface area contributed by atoms with Crippen molar-refractivity contribution < 1.29 is 38.6 Å². The number of rotatable bonds is 13. The van der Waals surface area contributed by atoms with E-state index in [4.69, 9.17) is 31.8 Å². The fraction of sp³-hybridized carbons (Fsp3) is 0.500. The van der Waals surface area contributed by atoms with E-state index in [-0.39, 0.29) is 18.2 Å². The third kappa shape index (κ3) is 13.6. The average Bonchev–Trinajstić information content (AvgIpc) is 3.26. The van der Waals surface area contributed by atoms with Crippen LogP contribution in [0, 0.1) is 5.92 Å². The SMILES string of the molecule is CC(C)(C)OC(=O)NOCC(=O)O.COC(=O)C(CCCN=C(N)N)CC(=O)C(N)Cc1c[nH]c2ccccc12. The highest BCUT2D eigenvalue weighted by atomic mass is 16.7. The van der Waals surface area contributed by atoms with Gasteiger partial charge in [-0.05, 0) is 51.7 Å². The highest BCUT2D eigenvalue weighted by Crippen LogP contribution is 2.20. The molecule has 0 spiro atoms. The molecule has 1 heterocycles. The summed E-state index contributed by atoms with van der Waals surface area (Å²) < 4.78 is 9.56. The predicted molar refractivity (Wildman–Crippen MR) is 148 cm³/mol. The van der Waals surface area contributed by atoms with Gasteiger partial charge in [0.1, 0.15) is 5.60 Å². The smallest absolute Gasteiger partial charge is 0.431 e. The highest BCUT2D eigenvalue weighted by molar-refractivity contribution is 5.89. The normalized spacial score (nSPS) is 12.3. The van der Waals surface area contributed by atoms with Crippen LogP contribution in [0.2, 0.25) is 0 Å². The molecule has 0 radical (unpaired) electrons. The van der Waals surface area contributed by atoms with E-state index in [1.165, 1.54) is 7.11 Å². The van der Waals surface area contributed by atoms with E-state index in [0.29, 0.717) is 25.8 Å². The van der Waals surface area contributed by atoms with Gasteiger partial charge in [-0.25, -0.2) is 9.59 Å². The number of aromatic nitrogens is 1. The van der Waals surface area contributed by atoms with Crippen molar-refractivity contribution in [3.8, 4) is 0 Å². The van der Waals surface area contributed by atoms with Crippen molar-refractivity contribution in [3.63, 3.8) is 0 Å². The third-order valence-corrected chi connectivity index (χ3v) is 5.27. The minimum absolute atomic E-state index is 0.00134. The maximum atomic E-state index is 12.6. The number of carboxylic acids is 1. The molecule has 0 bridgehead atoms. The summed E-state index contributed by atoms with van der Waals surface area (Å²) in [4.78, 5) is 56.6. The van der Waals surface area contributed by atoms with E-state index in [1.54, 1.807) is 20.8 Å². The molecule has 40 heavy (non-hydrogen) atoms. The fourth-order valence-electron chi connectivity index (χ4n) is 3.52. The van der Waals surface area contributed by atoms with Crippen molar-refractivity contribution in [1.82, 2.24) is 10.5 Å². The van der Waals surface area contributed by atoms with Crippen LogP contribution in [0.5, 0.6) is 0 Å². The van der Waals surface area contributed by atoms with E-state index in [2.05, 4.69) is 14.8 Å². The Bertz CT molecular complexity index is 1150. The van der Waals surface area contributed by atoms with Gasteiger partial charge in [-0.3, -0.25) is 19.4 Å². The highest BCUT2D eigenvalue weighted by Gasteiger charge is 2.26.